The van der Waals surface area contributed by atoms with Crippen molar-refractivity contribution in [3.05, 3.63) is 22.6 Å². The first-order valence-electron chi connectivity index (χ1n) is 5.80. The fourth-order valence-electron chi connectivity index (χ4n) is 2.05. The van der Waals surface area contributed by atoms with Crippen molar-refractivity contribution in [3.63, 3.8) is 0 Å². The molecule has 16 heavy (non-hydrogen) atoms. The third-order valence-corrected chi connectivity index (χ3v) is 3.54. The van der Waals surface area contributed by atoms with Crippen LogP contribution in [-0.4, -0.2) is 14.5 Å². The van der Waals surface area contributed by atoms with E-state index in [1.165, 1.54) is 19.3 Å². The molecule has 0 radical (unpaired) electrons. The van der Waals surface area contributed by atoms with Crippen molar-refractivity contribution < 1.29 is 0 Å². The highest BCUT2D eigenvalue weighted by atomic mass is 32.1. The molecule has 4 heteroatoms. The van der Waals surface area contributed by atoms with Crippen molar-refractivity contribution in [1.29, 1.82) is 0 Å². The summed E-state index contributed by atoms with van der Waals surface area (Å²) >= 11 is 5.34. The van der Waals surface area contributed by atoms with E-state index in [0.29, 0.717) is 0 Å². The average Bonchev–Trinajstić information content (AvgIpc) is 3.01. The van der Waals surface area contributed by atoms with Crippen molar-refractivity contribution in [2.45, 2.75) is 32.7 Å². The molecule has 1 aliphatic rings. The third-order valence-electron chi connectivity index (χ3n) is 3.21. The molecule has 3 rings (SSSR count). The highest BCUT2D eigenvalue weighted by molar-refractivity contribution is 7.71. The van der Waals surface area contributed by atoms with Gasteiger partial charge in [0.25, 0.3) is 0 Å². The van der Waals surface area contributed by atoms with Crippen LogP contribution in [0.5, 0.6) is 0 Å². The molecule has 2 aromatic rings. The maximum atomic E-state index is 5.34. The molecule has 2 aromatic heterocycles. The Balaban J connectivity index is 2.02. The van der Waals surface area contributed by atoms with E-state index in [-0.39, 0.29) is 0 Å². The van der Waals surface area contributed by atoms with Crippen LogP contribution in [0.25, 0.3) is 11.2 Å². The van der Waals surface area contributed by atoms with Gasteiger partial charge in [0.05, 0.1) is 5.52 Å². The summed E-state index contributed by atoms with van der Waals surface area (Å²) in [5, 5.41) is 0. The van der Waals surface area contributed by atoms with Gasteiger partial charge in [0.1, 0.15) is 0 Å². The van der Waals surface area contributed by atoms with Crippen molar-refractivity contribution in [3.8, 4) is 0 Å². The normalized spacial score (nSPS) is 15.8. The Morgan fingerprint density at radius 3 is 3.06 bits per heavy atom. The first-order valence-corrected chi connectivity index (χ1v) is 6.21. The summed E-state index contributed by atoms with van der Waals surface area (Å²) in [4.78, 5) is 7.77. The largest absolute Gasteiger partial charge is 0.329 e. The van der Waals surface area contributed by atoms with E-state index in [4.69, 9.17) is 12.2 Å². The first kappa shape index (κ1) is 10.0. The molecule has 0 unspecified atom stereocenters. The number of nitrogens with zero attached hydrogens (tertiary/aromatic N) is 2. The van der Waals surface area contributed by atoms with Gasteiger partial charge in [-0.3, -0.25) is 0 Å². The lowest BCUT2D eigenvalue weighted by Gasteiger charge is -2.02. The summed E-state index contributed by atoms with van der Waals surface area (Å²) in [7, 11) is 0. The zero-order valence-corrected chi connectivity index (χ0v) is 10.2. The number of imidazole rings is 1. The number of rotatable bonds is 3. The summed E-state index contributed by atoms with van der Waals surface area (Å²) in [6, 6.07) is 4.07. The number of nitrogens with one attached hydrogen (secondary N) is 1. The van der Waals surface area contributed by atoms with Crippen LogP contribution in [0.4, 0.5) is 0 Å². The third kappa shape index (κ3) is 1.78. The van der Waals surface area contributed by atoms with Crippen LogP contribution in [0.1, 0.15) is 25.0 Å². The van der Waals surface area contributed by atoms with Gasteiger partial charge in [-0.05, 0) is 43.6 Å². The smallest absolute Gasteiger partial charge is 0.179 e. The Hall–Kier alpha value is -1.16. The van der Waals surface area contributed by atoms with Gasteiger partial charge in [-0.1, -0.05) is 12.8 Å². The first-order chi connectivity index (χ1) is 7.74. The zero-order valence-electron chi connectivity index (χ0n) is 9.36. The Morgan fingerprint density at radius 1 is 1.50 bits per heavy atom. The molecule has 1 aliphatic carbocycles. The van der Waals surface area contributed by atoms with E-state index in [1.54, 1.807) is 0 Å². The van der Waals surface area contributed by atoms with E-state index in [1.807, 2.05) is 13.0 Å². The van der Waals surface area contributed by atoms with E-state index in [0.717, 1.165) is 34.1 Å². The zero-order chi connectivity index (χ0) is 11.1. The van der Waals surface area contributed by atoms with Gasteiger partial charge in [-0.15, -0.1) is 0 Å². The SMILES string of the molecule is Cc1ccc2[nH]c(=S)n(CCC3CC3)c2n1. The number of fused-ring (bicyclic) bond motifs is 1. The molecule has 0 saturated heterocycles. The lowest BCUT2D eigenvalue weighted by atomic mass is 10.3. The minimum atomic E-state index is 0.800. The fourth-order valence-corrected chi connectivity index (χ4v) is 2.34. The minimum absolute atomic E-state index is 0.800. The quantitative estimate of drug-likeness (QED) is 0.826. The van der Waals surface area contributed by atoms with Gasteiger partial charge in [0.2, 0.25) is 0 Å². The van der Waals surface area contributed by atoms with Crippen molar-refractivity contribution in [1.82, 2.24) is 14.5 Å². The highest BCUT2D eigenvalue weighted by Gasteiger charge is 2.21. The molecule has 3 nitrogen and oxygen atoms in total. The summed E-state index contributed by atoms with van der Waals surface area (Å²) in [6.07, 6.45) is 4.02. The number of aromatic amines is 1. The molecule has 0 amide bonds. The molecule has 0 aliphatic heterocycles. The summed E-state index contributed by atoms with van der Waals surface area (Å²) in [5.74, 6) is 0.927. The average molecular weight is 233 g/mol. The van der Waals surface area contributed by atoms with Crippen LogP contribution < -0.4 is 0 Å². The second-order valence-corrected chi connectivity index (χ2v) is 5.02. The fraction of sp³-hybridized carbons (Fsp3) is 0.500. The minimum Gasteiger partial charge on any atom is -0.329 e. The van der Waals surface area contributed by atoms with Crippen molar-refractivity contribution in [2.75, 3.05) is 0 Å². The number of pyridine rings is 1. The number of hydrogen-bond donors (Lipinski definition) is 1. The molecule has 1 fully saturated rings. The van der Waals surface area contributed by atoms with E-state index in [2.05, 4.69) is 20.6 Å². The van der Waals surface area contributed by atoms with Crippen LogP contribution in [0.3, 0.4) is 0 Å². The Bertz CT molecular complexity index is 577. The second kappa shape index (κ2) is 3.70. The van der Waals surface area contributed by atoms with E-state index in [9.17, 15) is 0 Å². The molecule has 1 N–H and O–H groups in total. The molecular formula is C12H15N3S. The lowest BCUT2D eigenvalue weighted by molar-refractivity contribution is 0.600. The molecule has 2 heterocycles. The van der Waals surface area contributed by atoms with Crippen molar-refractivity contribution >= 4 is 23.4 Å². The van der Waals surface area contributed by atoms with Gasteiger partial charge in [0.15, 0.2) is 10.4 Å². The summed E-state index contributed by atoms with van der Waals surface area (Å²) < 4.78 is 2.93. The standard InChI is InChI=1S/C12H15N3S/c1-8-2-5-10-11(13-8)15(12(16)14-10)7-6-9-3-4-9/h2,5,9H,3-4,6-7H2,1H3,(H,14,16). The van der Waals surface area contributed by atoms with Crippen LogP contribution in [-0.2, 0) is 6.54 Å². The number of hydrogen-bond acceptors (Lipinski definition) is 2. The molecule has 84 valence electrons. The van der Waals surface area contributed by atoms with E-state index < -0.39 is 0 Å². The van der Waals surface area contributed by atoms with Crippen molar-refractivity contribution in [2.24, 2.45) is 5.92 Å². The number of aryl methyl sites for hydroxylation is 2. The predicted molar refractivity (Wildman–Crippen MR) is 67.0 cm³/mol. The van der Waals surface area contributed by atoms with Crippen LogP contribution in [0, 0.1) is 17.6 Å². The molecule has 0 bridgehead atoms. The molecule has 0 aromatic carbocycles. The van der Waals surface area contributed by atoms with Gasteiger partial charge in [0, 0.05) is 12.2 Å². The maximum absolute atomic E-state index is 5.34. The topological polar surface area (TPSA) is 33.6 Å². The summed E-state index contributed by atoms with van der Waals surface area (Å²) in [5.41, 5.74) is 3.10. The van der Waals surface area contributed by atoms with Gasteiger partial charge < -0.3 is 9.55 Å². The molecular weight excluding hydrogens is 218 g/mol. The maximum Gasteiger partial charge on any atom is 0.179 e. The Morgan fingerprint density at radius 2 is 2.31 bits per heavy atom. The van der Waals surface area contributed by atoms with E-state index >= 15 is 0 Å². The van der Waals surface area contributed by atoms with Crippen LogP contribution >= 0.6 is 12.2 Å². The molecule has 0 spiro atoms. The van der Waals surface area contributed by atoms with Gasteiger partial charge >= 0.3 is 0 Å². The molecule has 0 atom stereocenters. The summed E-state index contributed by atoms with van der Waals surface area (Å²) in [6.45, 7) is 3.01. The Labute approximate surface area is 99.5 Å². The molecule has 1 saturated carbocycles. The van der Waals surface area contributed by atoms with Crippen LogP contribution in [0.2, 0.25) is 0 Å². The van der Waals surface area contributed by atoms with Crippen LogP contribution in [0.15, 0.2) is 12.1 Å². The Kier molecular flexibility index (Phi) is 2.32. The van der Waals surface area contributed by atoms with Gasteiger partial charge in [-0.25, -0.2) is 4.98 Å². The van der Waals surface area contributed by atoms with Gasteiger partial charge in [-0.2, -0.15) is 0 Å². The second-order valence-electron chi connectivity index (χ2n) is 4.64. The number of H-pyrrole nitrogens is 1. The number of aromatic nitrogens is 3. The lowest BCUT2D eigenvalue weighted by Crippen LogP contribution is -2.00. The highest BCUT2D eigenvalue weighted by Crippen LogP contribution is 2.33. The predicted octanol–water partition coefficient (Wildman–Crippen LogP) is 3.20. The monoisotopic (exact) mass is 233 g/mol.